The summed E-state index contributed by atoms with van der Waals surface area (Å²) in [6, 6.07) is 12.8. The second-order valence-electron chi connectivity index (χ2n) is 6.04. The van der Waals surface area contributed by atoms with Crippen molar-refractivity contribution in [2.24, 2.45) is 0 Å². The van der Waals surface area contributed by atoms with Crippen LogP contribution < -0.4 is 4.74 Å². The molecule has 0 saturated heterocycles. The van der Waals surface area contributed by atoms with Crippen LogP contribution in [0.5, 0.6) is 5.75 Å². The summed E-state index contributed by atoms with van der Waals surface area (Å²) in [5.74, 6) is 0.616. The minimum Gasteiger partial charge on any atom is -0.482 e. The summed E-state index contributed by atoms with van der Waals surface area (Å²) in [4.78, 5) is 0. The Bertz CT molecular complexity index is 832. The normalized spacial score (nSPS) is 15.3. The smallest absolute Gasteiger partial charge is 0.417 e. The standard InChI is InChI=1S/C20H16F3NO/c1-2-19(15-5-3-4-14(10-15)13-6-7-13)25-17-9-8-16(12-24)18(11-17)20(21,22)23/h2-5,8-11,13,19H,1,6-7H2. The molecule has 1 atom stereocenters. The van der Waals surface area contributed by atoms with Gasteiger partial charge in [-0.25, -0.2) is 0 Å². The summed E-state index contributed by atoms with van der Waals surface area (Å²) in [6.45, 7) is 3.73. The Labute approximate surface area is 144 Å². The lowest BCUT2D eigenvalue weighted by Crippen LogP contribution is -2.10. The van der Waals surface area contributed by atoms with Crippen molar-refractivity contribution in [1.82, 2.24) is 0 Å². The molecule has 0 spiro atoms. The quantitative estimate of drug-likeness (QED) is 0.647. The molecule has 0 heterocycles. The van der Waals surface area contributed by atoms with Crippen LogP contribution in [0.1, 0.15) is 47.1 Å². The molecule has 1 saturated carbocycles. The molecular weight excluding hydrogens is 327 g/mol. The van der Waals surface area contributed by atoms with E-state index in [4.69, 9.17) is 10.00 Å². The van der Waals surface area contributed by atoms with E-state index in [1.807, 2.05) is 24.3 Å². The van der Waals surface area contributed by atoms with Gasteiger partial charge in [-0.05, 0) is 54.2 Å². The van der Waals surface area contributed by atoms with E-state index in [0.29, 0.717) is 5.92 Å². The van der Waals surface area contributed by atoms with Crippen LogP contribution in [0.4, 0.5) is 13.2 Å². The molecule has 128 valence electrons. The molecule has 1 fully saturated rings. The minimum atomic E-state index is -4.61. The predicted molar refractivity (Wildman–Crippen MR) is 88.1 cm³/mol. The average molecular weight is 343 g/mol. The molecule has 1 aliphatic carbocycles. The highest BCUT2D eigenvalue weighted by Crippen LogP contribution is 2.41. The topological polar surface area (TPSA) is 33.0 Å². The fourth-order valence-electron chi connectivity index (χ4n) is 2.73. The molecule has 1 unspecified atom stereocenters. The summed E-state index contributed by atoms with van der Waals surface area (Å²) >= 11 is 0. The minimum absolute atomic E-state index is 0.0491. The maximum Gasteiger partial charge on any atom is 0.417 e. The summed E-state index contributed by atoms with van der Waals surface area (Å²) in [6.07, 6.45) is -1.30. The summed E-state index contributed by atoms with van der Waals surface area (Å²) in [5, 5.41) is 8.86. The molecule has 0 bridgehead atoms. The van der Waals surface area contributed by atoms with Gasteiger partial charge in [-0.1, -0.05) is 30.8 Å². The third-order valence-corrected chi connectivity index (χ3v) is 4.18. The van der Waals surface area contributed by atoms with Gasteiger partial charge in [0.15, 0.2) is 0 Å². The van der Waals surface area contributed by atoms with Crippen LogP contribution in [0.3, 0.4) is 0 Å². The molecule has 5 heteroatoms. The van der Waals surface area contributed by atoms with Crippen LogP contribution in [-0.2, 0) is 6.18 Å². The first-order valence-electron chi connectivity index (χ1n) is 7.93. The van der Waals surface area contributed by atoms with Crippen LogP contribution in [0.25, 0.3) is 0 Å². The summed E-state index contributed by atoms with van der Waals surface area (Å²) in [7, 11) is 0. The Morgan fingerprint density at radius 2 is 1.96 bits per heavy atom. The molecule has 1 aliphatic rings. The van der Waals surface area contributed by atoms with Crippen LogP contribution in [-0.4, -0.2) is 0 Å². The zero-order valence-electron chi connectivity index (χ0n) is 13.4. The molecule has 0 N–H and O–H groups in total. The average Bonchev–Trinajstić information content (AvgIpc) is 3.44. The van der Waals surface area contributed by atoms with E-state index in [1.165, 1.54) is 11.6 Å². The first kappa shape index (κ1) is 17.1. The largest absolute Gasteiger partial charge is 0.482 e. The van der Waals surface area contributed by atoms with Crippen LogP contribution in [0.2, 0.25) is 0 Å². The van der Waals surface area contributed by atoms with E-state index in [0.717, 1.165) is 30.5 Å². The number of benzene rings is 2. The number of alkyl halides is 3. The van der Waals surface area contributed by atoms with Gasteiger partial charge in [-0.15, -0.1) is 0 Å². The lowest BCUT2D eigenvalue weighted by atomic mass is 10.0. The Hall–Kier alpha value is -2.74. The van der Waals surface area contributed by atoms with E-state index in [9.17, 15) is 13.2 Å². The number of ether oxygens (including phenoxy) is 1. The van der Waals surface area contributed by atoms with E-state index in [2.05, 4.69) is 6.58 Å². The third kappa shape index (κ3) is 3.85. The SMILES string of the molecule is C=CC(Oc1ccc(C#N)c(C(F)(F)F)c1)c1cccc(C2CC2)c1. The van der Waals surface area contributed by atoms with Gasteiger partial charge in [0.2, 0.25) is 0 Å². The van der Waals surface area contributed by atoms with E-state index in [1.54, 1.807) is 12.1 Å². The molecule has 2 nitrogen and oxygen atoms in total. The molecule has 2 aromatic rings. The number of hydrogen-bond acceptors (Lipinski definition) is 2. The Morgan fingerprint density at radius 1 is 1.20 bits per heavy atom. The third-order valence-electron chi connectivity index (χ3n) is 4.18. The summed E-state index contributed by atoms with van der Waals surface area (Å²) in [5.41, 5.74) is 0.633. The van der Waals surface area contributed by atoms with E-state index in [-0.39, 0.29) is 5.75 Å². The van der Waals surface area contributed by atoms with Crippen molar-refractivity contribution in [3.8, 4) is 11.8 Å². The van der Waals surface area contributed by atoms with Gasteiger partial charge in [0.1, 0.15) is 11.9 Å². The zero-order valence-corrected chi connectivity index (χ0v) is 13.4. The van der Waals surface area contributed by atoms with Gasteiger partial charge in [0.25, 0.3) is 0 Å². The van der Waals surface area contributed by atoms with E-state index >= 15 is 0 Å². The highest BCUT2D eigenvalue weighted by Gasteiger charge is 2.34. The second-order valence-corrected chi connectivity index (χ2v) is 6.04. The van der Waals surface area contributed by atoms with E-state index < -0.39 is 23.4 Å². The van der Waals surface area contributed by atoms with Crippen molar-refractivity contribution in [1.29, 1.82) is 5.26 Å². The number of nitriles is 1. The van der Waals surface area contributed by atoms with Crippen molar-refractivity contribution < 1.29 is 17.9 Å². The molecule has 0 aromatic heterocycles. The second kappa shape index (κ2) is 6.64. The van der Waals surface area contributed by atoms with Crippen molar-refractivity contribution in [2.45, 2.75) is 31.0 Å². The molecule has 25 heavy (non-hydrogen) atoms. The van der Waals surface area contributed by atoms with Gasteiger partial charge >= 0.3 is 6.18 Å². The highest BCUT2D eigenvalue weighted by molar-refractivity contribution is 5.44. The molecule has 0 radical (unpaired) electrons. The first-order chi connectivity index (χ1) is 11.9. The fraction of sp³-hybridized carbons (Fsp3) is 0.250. The number of rotatable bonds is 5. The Morgan fingerprint density at radius 3 is 2.56 bits per heavy atom. The van der Waals surface area contributed by atoms with Crippen molar-refractivity contribution in [3.63, 3.8) is 0 Å². The van der Waals surface area contributed by atoms with Gasteiger partial charge in [0, 0.05) is 0 Å². The fourth-order valence-corrected chi connectivity index (χ4v) is 2.73. The first-order valence-corrected chi connectivity index (χ1v) is 7.93. The zero-order chi connectivity index (χ0) is 18.0. The van der Waals surface area contributed by atoms with Crippen molar-refractivity contribution in [3.05, 3.63) is 77.4 Å². The van der Waals surface area contributed by atoms with Crippen molar-refractivity contribution >= 4 is 0 Å². The van der Waals surface area contributed by atoms with Crippen molar-refractivity contribution in [2.75, 3.05) is 0 Å². The Balaban J connectivity index is 1.88. The van der Waals surface area contributed by atoms with Crippen LogP contribution >= 0.6 is 0 Å². The molecule has 3 rings (SSSR count). The lowest BCUT2D eigenvalue weighted by molar-refractivity contribution is -0.137. The van der Waals surface area contributed by atoms with Crippen LogP contribution in [0, 0.1) is 11.3 Å². The molecule has 0 aliphatic heterocycles. The van der Waals surface area contributed by atoms with Gasteiger partial charge in [-0.2, -0.15) is 18.4 Å². The number of nitrogens with zero attached hydrogens (tertiary/aromatic N) is 1. The maximum absolute atomic E-state index is 13.1. The molecule has 0 amide bonds. The van der Waals surface area contributed by atoms with Gasteiger partial charge < -0.3 is 4.74 Å². The summed E-state index contributed by atoms with van der Waals surface area (Å²) < 4.78 is 45.0. The molecular formula is C20H16F3NO. The van der Waals surface area contributed by atoms with Crippen LogP contribution in [0.15, 0.2) is 55.1 Å². The molecule has 2 aromatic carbocycles. The number of halogens is 3. The maximum atomic E-state index is 13.1. The highest BCUT2D eigenvalue weighted by atomic mass is 19.4. The predicted octanol–water partition coefficient (Wildman–Crippen LogP) is 5.76. The lowest BCUT2D eigenvalue weighted by Gasteiger charge is -2.18. The van der Waals surface area contributed by atoms with Gasteiger partial charge in [-0.3, -0.25) is 0 Å². The number of hydrogen-bond donors (Lipinski definition) is 0. The monoisotopic (exact) mass is 343 g/mol. The van der Waals surface area contributed by atoms with Gasteiger partial charge in [0.05, 0.1) is 17.2 Å². The Kier molecular flexibility index (Phi) is 4.54.